The number of aliphatic hydroxyl groups is 1. The monoisotopic (exact) mass is 268 g/mol. The van der Waals surface area contributed by atoms with Crippen LogP contribution in [0.1, 0.15) is 26.1 Å². The van der Waals surface area contributed by atoms with Crippen LogP contribution in [0.2, 0.25) is 0 Å². The zero-order valence-corrected chi connectivity index (χ0v) is 12.1. The lowest BCUT2D eigenvalue weighted by atomic mass is 10.1. The van der Waals surface area contributed by atoms with Crippen LogP contribution in [0.25, 0.3) is 0 Å². The fraction of sp³-hybridized carbons (Fsp3) is 0.692. The molecule has 0 saturated heterocycles. The van der Waals surface area contributed by atoms with Crippen LogP contribution in [0.3, 0.4) is 0 Å². The Bertz CT molecular complexity index is 385. The summed E-state index contributed by atoms with van der Waals surface area (Å²) in [6.45, 7) is 5.01. The second kappa shape index (κ2) is 7.91. The van der Waals surface area contributed by atoms with Gasteiger partial charge < -0.3 is 20.5 Å². The molecule has 108 valence electrons. The van der Waals surface area contributed by atoms with Crippen molar-refractivity contribution in [3.8, 4) is 0 Å². The smallest absolute Gasteiger partial charge is 0.158 e. The fourth-order valence-electron chi connectivity index (χ4n) is 1.76. The molecule has 1 heterocycles. The van der Waals surface area contributed by atoms with E-state index < -0.39 is 0 Å². The predicted octanol–water partition coefficient (Wildman–Crippen LogP) is 1.48. The van der Waals surface area contributed by atoms with Crippen molar-refractivity contribution in [1.82, 2.24) is 9.97 Å². The van der Waals surface area contributed by atoms with E-state index in [1.807, 2.05) is 0 Å². The number of rotatable bonds is 8. The first-order valence-electron chi connectivity index (χ1n) is 6.51. The molecule has 0 spiro atoms. The second-order valence-corrected chi connectivity index (χ2v) is 4.90. The molecule has 3 N–H and O–H groups in total. The van der Waals surface area contributed by atoms with Gasteiger partial charge in [-0.25, -0.2) is 9.97 Å². The van der Waals surface area contributed by atoms with Crippen LogP contribution in [0.4, 0.5) is 11.6 Å². The van der Waals surface area contributed by atoms with Crippen LogP contribution in [0.5, 0.6) is 0 Å². The minimum Gasteiger partial charge on any atom is -0.391 e. The topological polar surface area (TPSA) is 79.3 Å². The fourth-order valence-corrected chi connectivity index (χ4v) is 1.76. The Labute approximate surface area is 114 Å². The number of hydrogen-bond acceptors (Lipinski definition) is 6. The van der Waals surface area contributed by atoms with Gasteiger partial charge in [0, 0.05) is 26.8 Å². The van der Waals surface area contributed by atoms with Gasteiger partial charge in [-0.05, 0) is 12.3 Å². The summed E-state index contributed by atoms with van der Waals surface area (Å²) in [6, 6.07) is 1.81. The van der Waals surface area contributed by atoms with E-state index in [9.17, 15) is 5.11 Å². The van der Waals surface area contributed by atoms with E-state index in [2.05, 4.69) is 34.4 Å². The summed E-state index contributed by atoms with van der Waals surface area (Å²) in [5, 5.41) is 15.9. The molecule has 1 aromatic rings. The summed E-state index contributed by atoms with van der Waals surface area (Å²) in [6.07, 6.45) is 0.390. The quantitative estimate of drug-likeness (QED) is 0.663. The normalized spacial score (nSPS) is 12.5. The Hall–Kier alpha value is -1.40. The third-order valence-electron chi connectivity index (χ3n) is 2.56. The van der Waals surface area contributed by atoms with Gasteiger partial charge in [0.05, 0.1) is 6.10 Å². The van der Waals surface area contributed by atoms with E-state index in [4.69, 9.17) is 4.74 Å². The summed E-state index contributed by atoms with van der Waals surface area (Å²) in [4.78, 5) is 8.59. The van der Waals surface area contributed by atoms with Crippen molar-refractivity contribution in [1.29, 1.82) is 0 Å². The lowest BCUT2D eigenvalue weighted by Crippen LogP contribution is -2.22. The maximum atomic E-state index is 9.83. The molecule has 0 saturated carbocycles. The molecule has 1 aromatic heterocycles. The molecule has 0 aliphatic carbocycles. The van der Waals surface area contributed by atoms with Gasteiger partial charge in [0.25, 0.3) is 0 Å². The van der Waals surface area contributed by atoms with Crippen molar-refractivity contribution >= 4 is 11.6 Å². The number of aliphatic hydroxyl groups excluding tert-OH is 1. The van der Waals surface area contributed by atoms with Crippen LogP contribution in [0, 0.1) is 5.92 Å². The van der Waals surface area contributed by atoms with Gasteiger partial charge in [-0.2, -0.15) is 0 Å². The molecule has 6 nitrogen and oxygen atoms in total. The molecule has 0 bridgehead atoms. The molecular weight excluding hydrogens is 244 g/mol. The molecule has 1 atom stereocenters. The molecule has 0 fully saturated rings. The average Bonchev–Trinajstić information content (AvgIpc) is 2.35. The molecule has 0 aromatic carbocycles. The molecule has 0 radical (unpaired) electrons. The molecule has 6 heteroatoms. The second-order valence-electron chi connectivity index (χ2n) is 4.90. The van der Waals surface area contributed by atoms with Crippen molar-refractivity contribution in [3.63, 3.8) is 0 Å². The molecule has 1 rings (SSSR count). The van der Waals surface area contributed by atoms with Crippen LogP contribution in [-0.4, -0.2) is 41.9 Å². The van der Waals surface area contributed by atoms with Gasteiger partial charge >= 0.3 is 0 Å². The maximum Gasteiger partial charge on any atom is 0.158 e. The molecule has 1 unspecified atom stereocenters. The minimum atomic E-state index is -0.376. The van der Waals surface area contributed by atoms with E-state index in [1.54, 1.807) is 20.2 Å². The Morgan fingerprint density at radius 3 is 2.58 bits per heavy atom. The Balaban J connectivity index is 2.63. The molecular formula is C13H24N4O2. The van der Waals surface area contributed by atoms with E-state index in [0.717, 1.165) is 12.2 Å². The minimum absolute atomic E-state index is 0.360. The zero-order chi connectivity index (χ0) is 14.3. The molecule has 0 aliphatic heterocycles. The highest BCUT2D eigenvalue weighted by Crippen LogP contribution is 2.12. The highest BCUT2D eigenvalue weighted by molar-refractivity contribution is 5.47. The van der Waals surface area contributed by atoms with Crippen LogP contribution >= 0.6 is 0 Å². The van der Waals surface area contributed by atoms with E-state index in [1.165, 1.54) is 0 Å². The summed E-state index contributed by atoms with van der Waals surface area (Å²) in [5.41, 5.74) is 0. The number of nitrogens with zero attached hydrogens (tertiary/aromatic N) is 2. The van der Waals surface area contributed by atoms with Gasteiger partial charge in [0.15, 0.2) is 5.82 Å². The lowest BCUT2D eigenvalue weighted by molar-refractivity contribution is 0.161. The molecule has 19 heavy (non-hydrogen) atoms. The van der Waals surface area contributed by atoms with E-state index in [0.29, 0.717) is 30.7 Å². The number of nitrogens with one attached hydrogen (secondary N) is 2. The Kier molecular flexibility index (Phi) is 6.52. The van der Waals surface area contributed by atoms with Crippen LogP contribution in [-0.2, 0) is 11.3 Å². The first-order chi connectivity index (χ1) is 9.05. The number of ether oxygens (including phenoxy) is 1. The number of hydrogen-bond donors (Lipinski definition) is 3. The predicted molar refractivity (Wildman–Crippen MR) is 76.2 cm³/mol. The highest BCUT2D eigenvalue weighted by atomic mass is 16.5. The number of aromatic nitrogens is 2. The van der Waals surface area contributed by atoms with Gasteiger partial charge in [0.2, 0.25) is 0 Å². The van der Waals surface area contributed by atoms with Gasteiger partial charge in [0.1, 0.15) is 18.2 Å². The van der Waals surface area contributed by atoms with Crippen molar-refractivity contribution in [3.05, 3.63) is 11.9 Å². The zero-order valence-electron chi connectivity index (χ0n) is 12.1. The lowest BCUT2D eigenvalue weighted by Gasteiger charge is -2.15. The van der Waals surface area contributed by atoms with Crippen molar-refractivity contribution < 1.29 is 9.84 Å². The number of anilines is 2. The molecule has 0 amide bonds. The van der Waals surface area contributed by atoms with E-state index in [-0.39, 0.29) is 6.10 Å². The number of methoxy groups -OCH3 is 1. The highest BCUT2D eigenvalue weighted by Gasteiger charge is 2.08. The first kappa shape index (κ1) is 15.7. The van der Waals surface area contributed by atoms with E-state index >= 15 is 0 Å². The van der Waals surface area contributed by atoms with Crippen molar-refractivity contribution in [2.75, 3.05) is 31.3 Å². The van der Waals surface area contributed by atoms with Crippen molar-refractivity contribution in [2.45, 2.75) is 33.0 Å². The Morgan fingerprint density at radius 1 is 1.32 bits per heavy atom. The third-order valence-corrected chi connectivity index (χ3v) is 2.56. The third kappa shape index (κ3) is 5.85. The van der Waals surface area contributed by atoms with Gasteiger partial charge in [-0.3, -0.25) is 0 Å². The average molecular weight is 268 g/mol. The summed E-state index contributed by atoms with van der Waals surface area (Å²) >= 11 is 0. The maximum absolute atomic E-state index is 9.83. The Morgan fingerprint density at radius 2 is 2.00 bits per heavy atom. The summed E-state index contributed by atoms with van der Waals surface area (Å²) in [5.74, 6) is 2.49. The molecule has 0 aliphatic rings. The summed E-state index contributed by atoms with van der Waals surface area (Å²) < 4.78 is 5.03. The first-order valence-corrected chi connectivity index (χ1v) is 6.51. The van der Waals surface area contributed by atoms with Gasteiger partial charge in [-0.1, -0.05) is 13.8 Å². The SMILES string of the molecule is CNc1cc(NCC(O)CC(C)C)nc(COC)n1. The largest absolute Gasteiger partial charge is 0.391 e. The van der Waals surface area contributed by atoms with Crippen LogP contribution < -0.4 is 10.6 Å². The van der Waals surface area contributed by atoms with Crippen molar-refractivity contribution in [2.24, 2.45) is 5.92 Å². The standard InChI is InChI=1S/C13H24N4O2/c1-9(2)5-10(18)7-15-12-6-11(14-3)16-13(17-12)8-19-4/h6,9-10,18H,5,7-8H2,1-4H3,(H2,14,15,16,17). The van der Waals surface area contributed by atoms with Gasteiger partial charge in [-0.15, -0.1) is 0 Å². The summed E-state index contributed by atoms with van der Waals surface area (Å²) in [7, 11) is 3.41. The van der Waals surface area contributed by atoms with Crippen LogP contribution in [0.15, 0.2) is 6.07 Å².